The maximum atomic E-state index is 5.88. The molecule has 1 atom stereocenters. The second kappa shape index (κ2) is 7.24. The summed E-state index contributed by atoms with van der Waals surface area (Å²) in [6.07, 6.45) is 8.44. The molecule has 0 bridgehead atoms. The summed E-state index contributed by atoms with van der Waals surface area (Å²) in [6, 6.07) is 0.511. The van der Waals surface area contributed by atoms with E-state index in [9.17, 15) is 0 Å². The third kappa shape index (κ3) is 4.97. The van der Waals surface area contributed by atoms with E-state index in [1.165, 1.54) is 38.5 Å². The Kier molecular flexibility index (Phi) is 6.20. The minimum Gasteiger partial charge on any atom is -0.377 e. The highest BCUT2D eigenvalue weighted by Crippen LogP contribution is 2.20. The van der Waals surface area contributed by atoms with Gasteiger partial charge in [0.2, 0.25) is 0 Å². The Morgan fingerprint density at radius 2 is 2.00 bits per heavy atom. The van der Waals surface area contributed by atoms with Gasteiger partial charge in [0.1, 0.15) is 0 Å². The molecule has 1 unspecified atom stereocenters. The van der Waals surface area contributed by atoms with E-state index in [1.807, 2.05) is 0 Å². The van der Waals surface area contributed by atoms with Gasteiger partial charge >= 0.3 is 0 Å². The number of hydrogen-bond donors (Lipinski definition) is 1. The summed E-state index contributed by atoms with van der Waals surface area (Å²) >= 11 is 0. The normalized spacial score (nSPS) is 21.0. The fraction of sp³-hybridized carbons (Fsp3) is 1.00. The molecule has 0 spiro atoms. The minimum absolute atomic E-state index is 0.511. The molecule has 2 nitrogen and oxygen atoms in total. The van der Waals surface area contributed by atoms with Crippen molar-refractivity contribution in [2.45, 2.75) is 64.5 Å². The lowest BCUT2D eigenvalue weighted by Crippen LogP contribution is -2.33. The van der Waals surface area contributed by atoms with Crippen LogP contribution in [0.5, 0.6) is 0 Å². The van der Waals surface area contributed by atoms with Crippen molar-refractivity contribution in [3.63, 3.8) is 0 Å². The van der Waals surface area contributed by atoms with E-state index in [1.54, 1.807) is 0 Å². The van der Waals surface area contributed by atoms with E-state index < -0.39 is 0 Å². The summed E-state index contributed by atoms with van der Waals surface area (Å²) in [6.45, 7) is 6.39. The Bertz CT molecular complexity index is 132. The molecule has 0 saturated heterocycles. The topological polar surface area (TPSA) is 21.3 Å². The molecule has 1 saturated carbocycles. The quantitative estimate of drug-likeness (QED) is 0.710. The summed E-state index contributed by atoms with van der Waals surface area (Å²) in [7, 11) is 0. The third-order valence-electron chi connectivity index (χ3n) is 2.88. The molecule has 0 heterocycles. The first-order valence-corrected chi connectivity index (χ1v) is 6.18. The van der Waals surface area contributed by atoms with E-state index in [-0.39, 0.29) is 0 Å². The van der Waals surface area contributed by atoms with Gasteiger partial charge in [-0.3, -0.25) is 0 Å². The number of rotatable bonds is 6. The number of hydrogen-bond acceptors (Lipinski definition) is 2. The number of nitrogens with one attached hydrogen (secondary N) is 1. The van der Waals surface area contributed by atoms with E-state index >= 15 is 0 Å². The zero-order valence-electron chi connectivity index (χ0n) is 9.72. The van der Waals surface area contributed by atoms with Crippen molar-refractivity contribution >= 4 is 0 Å². The molecular weight excluding hydrogens is 174 g/mol. The van der Waals surface area contributed by atoms with Crippen molar-refractivity contribution in [3.8, 4) is 0 Å². The van der Waals surface area contributed by atoms with Gasteiger partial charge in [-0.1, -0.05) is 26.2 Å². The summed E-state index contributed by atoms with van der Waals surface area (Å²) in [5.41, 5.74) is 0. The van der Waals surface area contributed by atoms with Crippen molar-refractivity contribution in [2.75, 3.05) is 13.2 Å². The first kappa shape index (κ1) is 12.0. The zero-order chi connectivity index (χ0) is 10.2. The van der Waals surface area contributed by atoms with Crippen molar-refractivity contribution in [3.05, 3.63) is 0 Å². The smallest absolute Gasteiger partial charge is 0.0620 e. The van der Waals surface area contributed by atoms with Crippen LogP contribution in [0.4, 0.5) is 0 Å². The largest absolute Gasteiger partial charge is 0.377 e. The minimum atomic E-state index is 0.511. The molecule has 0 amide bonds. The maximum Gasteiger partial charge on any atom is 0.0620 e. The van der Waals surface area contributed by atoms with Gasteiger partial charge in [0.25, 0.3) is 0 Å². The van der Waals surface area contributed by atoms with E-state index in [2.05, 4.69) is 19.2 Å². The molecule has 14 heavy (non-hydrogen) atoms. The highest BCUT2D eigenvalue weighted by Gasteiger charge is 2.14. The second-order valence-corrected chi connectivity index (χ2v) is 4.45. The average Bonchev–Trinajstić information content (AvgIpc) is 2.25. The van der Waals surface area contributed by atoms with Crippen LogP contribution >= 0.6 is 0 Å². The summed E-state index contributed by atoms with van der Waals surface area (Å²) < 4.78 is 5.88. The Balaban J connectivity index is 2.00. The van der Waals surface area contributed by atoms with E-state index in [0.717, 1.165) is 13.2 Å². The predicted molar refractivity (Wildman–Crippen MR) is 60.6 cm³/mol. The van der Waals surface area contributed by atoms with Crippen molar-refractivity contribution in [2.24, 2.45) is 0 Å². The zero-order valence-corrected chi connectivity index (χ0v) is 9.72. The molecule has 0 aromatic rings. The summed E-state index contributed by atoms with van der Waals surface area (Å²) in [4.78, 5) is 0. The van der Waals surface area contributed by atoms with Crippen molar-refractivity contribution in [1.29, 1.82) is 0 Å². The first-order chi connectivity index (χ1) is 6.83. The van der Waals surface area contributed by atoms with Crippen LogP contribution in [0.2, 0.25) is 0 Å². The standard InChI is InChI=1S/C12H25NO/c1-3-9-13-11(2)10-14-12-7-5-4-6-8-12/h11-13H,3-10H2,1-2H3. The molecule has 0 aliphatic heterocycles. The van der Waals surface area contributed by atoms with Gasteiger partial charge in [-0.2, -0.15) is 0 Å². The Hall–Kier alpha value is -0.0800. The predicted octanol–water partition coefficient (Wildman–Crippen LogP) is 2.72. The van der Waals surface area contributed by atoms with Gasteiger partial charge in [0.15, 0.2) is 0 Å². The molecule has 0 radical (unpaired) electrons. The van der Waals surface area contributed by atoms with Crippen LogP contribution in [0.15, 0.2) is 0 Å². The van der Waals surface area contributed by atoms with Crippen LogP contribution in [0.25, 0.3) is 0 Å². The Morgan fingerprint density at radius 3 is 2.64 bits per heavy atom. The molecule has 0 aromatic carbocycles. The first-order valence-electron chi connectivity index (χ1n) is 6.18. The van der Waals surface area contributed by atoms with Gasteiger partial charge in [-0.25, -0.2) is 0 Å². The average molecular weight is 199 g/mol. The third-order valence-corrected chi connectivity index (χ3v) is 2.88. The van der Waals surface area contributed by atoms with Crippen LogP contribution in [0, 0.1) is 0 Å². The maximum absolute atomic E-state index is 5.88. The molecule has 0 aromatic heterocycles. The van der Waals surface area contributed by atoms with Gasteiger partial charge in [0.05, 0.1) is 12.7 Å². The monoisotopic (exact) mass is 199 g/mol. The van der Waals surface area contributed by atoms with Gasteiger partial charge in [0, 0.05) is 6.04 Å². The number of ether oxygens (including phenoxy) is 1. The molecule has 84 valence electrons. The van der Waals surface area contributed by atoms with Crippen LogP contribution in [-0.4, -0.2) is 25.3 Å². The fourth-order valence-electron chi connectivity index (χ4n) is 1.96. The SMILES string of the molecule is CCCNC(C)COC1CCCCC1. The fourth-order valence-corrected chi connectivity index (χ4v) is 1.96. The Labute approximate surface area is 88.4 Å². The molecule has 1 aliphatic rings. The lowest BCUT2D eigenvalue weighted by atomic mass is 9.98. The van der Waals surface area contributed by atoms with Gasteiger partial charge < -0.3 is 10.1 Å². The van der Waals surface area contributed by atoms with Gasteiger partial charge in [-0.05, 0) is 32.7 Å². The second-order valence-electron chi connectivity index (χ2n) is 4.45. The molecule has 1 aliphatic carbocycles. The summed E-state index contributed by atoms with van der Waals surface area (Å²) in [5.74, 6) is 0. The van der Waals surface area contributed by atoms with Crippen LogP contribution in [0.3, 0.4) is 0 Å². The highest BCUT2D eigenvalue weighted by molar-refractivity contribution is 4.67. The molecular formula is C12H25NO. The Morgan fingerprint density at radius 1 is 1.29 bits per heavy atom. The molecule has 1 fully saturated rings. The van der Waals surface area contributed by atoms with Gasteiger partial charge in [-0.15, -0.1) is 0 Å². The van der Waals surface area contributed by atoms with Crippen LogP contribution < -0.4 is 5.32 Å². The van der Waals surface area contributed by atoms with E-state index in [0.29, 0.717) is 12.1 Å². The summed E-state index contributed by atoms with van der Waals surface area (Å²) in [5, 5.41) is 3.45. The van der Waals surface area contributed by atoms with Crippen LogP contribution in [0.1, 0.15) is 52.4 Å². The molecule has 1 N–H and O–H groups in total. The van der Waals surface area contributed by atoms with Crippen molar-refractivity contribution < 1.29 is 4.74 Å². The molecule has 1 rings (SSSR count). The van der Waals surface area contributed by atoms with Crippen LogP contribution in [-0.2, 0) is 4.74 Å². The lowest BCUT2D eigenvalue weighted by Gasteiger charge is -2.24. The highest BCUT2D eigenvalue weighted by atomic mass is 16.5. The molecule has 2 heteroatoms. The van der Waals surface area contributed by atoms with Crippen molar-refractivity contribution in [1.82, 2.24) is 5.32 Å². The van der Waals surface area contributed by atoms with E-state index in [4.69, 9.17) is 4.74 Å². The lowest BCUT2D eigenvalue weighted by molar-refractivity contribution is 0.0183.